The van der Waals surface area contributed by atoms with Crippen LogP contribution >= 0.6 is 0 Å². The number of aliphatic hydroxyl groups excluding tert-OH is 1. The van der Waals surface area contributed by atoms with Gasteiger partial charge in [-0.1, -0.05) is 12.1 Å². The van der Waals surface area contributed by atoms with Crippen LogP contribution in [0.15, 0.2) is 10.6 Å². The van der Waals surface area contributed by atoms with Gasteiger partial charge in [0.05, 0.1) is 7.11 Å². The first-order chi connectivity index (χ1) is 13.1. The summed E-state index contributed by atoms with van der Waals surface area (Å²) in [5.74, 6) is 0.437. The number of hydrogen-bond donors (Lipinski definition) is 1. The van der Waals surface area contributed by atoms with Gasteiger partial charge in [0.15, 0.2) is 0 Å². The first kappa shape index (κ1) is 22.2. The Labute approximate surface area is 166 Å². The van der Waals surface area contributed by atoms with Crippen LogP contribution in [-0.2, 0) is 20.7 Å². The monoisotopic (exact) mass is 396 g/mol. The Kier molecular flexibility index (Phi) is 7.46. The van der Waals surface area contributed by atoms with Gasteiger partial charge in [0.1, 0.15) is 23.2 Å². The Morgan fingerprint density at radius 1 is 1.36 bits per heavy atom. The van der Waals surface area contributed by atoms with E-state index in [1.807, 2.05) is 27.7 Å². The number of ether oxygens (including phenoxy) is 2. The lowest BCUT2D eigenvalue weighted by atomic mass is 9.89. The lowest BCUT2D eigenvalue weighted by Crippen LogP contribution is -2.42. The summed E-state index contributed by atoms with van der Waals surface area (Å²) < 4.78 is 15.4. The van der Waals surface area contributed by atoms with E-state index in [4.69, 9.17) is 9.26 Å². The topological polar surface area (TPSA) is 102 Å². The van der Waals surface area contributed by atoms with E-state index in [0.717, 1.165) is 0 Å². The van der Waals surface area contributed by atoms with E-state index < -0.39 is 11.7 Å². The van der Waals surface area contributed by atoms with Crippen LogP contribution in [0.4, 0.5) is 4.79 Å². The summed E-state index contributed by atoms with van der Waals surface area (Å²) in [4.78, 5) is 25.2. The maximum absolute atomic E-state index is 12.1. The average Bonchev–Trinajstić information content (AvgIpc) is 3.07. The standard InChI is InChI=1S/C20H32N2O6/c1-13(11-17(23)26-5)10-15-12-16(21-28-15)18(24)14-6-8-22(9-7-14)19(25)27-20(2,3)4/h12-14,18,24H,6-11H2,1-5H3/t13-,18?/m0/s1. The molecule has 2 rings (SSSR count). The number of piperidine rings is 1. The van der Waals surface area contributed by atoms with Crippen LogP contribution in [0.25, 0.3) is 0 Å². The molecule has 2 atom stereocenters. The Morgan fingerprint density at radius 2 is 2.00 bits per heavy atom. The summed E-state index contributed by atoms with van der Waals surface area (Å²) in [5.41, 5.74) is -0.0220. The van der Waals surface area contributed by atoms with Gasteiger partial charge in [0.2, 0.25) is 0 Å². The highest BCUT2D eigenvalue weighted by Gasteiger charge is 2.32. The highest BCUT2D eigenvalue weighted by Crippen LogP contribution is 2.31. The Morgan fingerprint density at radius 3 is 2.57 bits per heavy atom. The zero-order valence-electron chi connectivity index (χ0n) is 17.4. The molecule has 1 aromatic rings. The van der Waals surface area contributed by atoms with E-state index in [1.54, 1.807) is 11.0 Å². The predicted octanol–water partition coefficient (Wildman–Crippen LogP) is 3.10. The highest BCUT2D eigenvalue weighted by molar-refractivity contribution is 5.69. The molecular formula is C20H32N2O6. The molecule has 1 aliphatic rings. The van der Waals surface area contributed by atoms with Crippen LogP contribution < -0.4 is 0 Å². The summed E-state index contributed by atoms with van der Waals surface area (Å²) in [7, 11) is 1.37. The number of rotatable bonds is 6. The summed E-state index contributed by atoms with van der Waals surface area (Å²) >= 11 is 0. The second-order valence-corrected chi connectivity index (χ2v) is 8.56. The lowest BCUT2D eigenvalue weighted by Gasteiger charge is -2.34. The van der Waals surface area contributed by atoms with Crippen molar-refractivity contribution in [1.82, 2.24) is 10.1 Å². The molecule has 0 radical (unpaired) electrons. The van der Waals surface area contributed by atoms with Crippen molar-refractivity contribution < 1.29 is 28.7 Å². The average molecular weight is 396 g/mol. The molecule has 0 aromatic carbocycles. The SMILES string of the molecule is COC(=O)C[C@@H](C)Cc1cc(C(O)C2CCN(C(=O)OC(C)(C)C)CC2)no1. The fourth-order valence-corrected chi connectivity index (χ4v) is 3.31. The molecule has 8 heteroatoms. The largest absolute Gasteiger partial charge is 0.469 e. The number of aliphatic hydroxyl groups is 1. The van der Waals surface area contributed by atoms with Gasteiger partial charge >= 0.3 is 12.1 Å². The van der Waals surface area contributed by atoms with Crippen molar-refractivity contribution >= 4 is 12.1 Å². The van der Waals surface area contributed by atoms with Crippen LogP contribution in [0.3, 0.4) is 0 Å². The molecule has 1 unspecified atom stereocenters. The maximum atomic E-state index is 12.1. The van der Waals surface area contributed by atoms with Crippen molar-refractivity contribution in [3.8, 4) is 0 Å². The molecule has 1 fully saturated rings. The Balaban J connectivity index is 1.85. The molecule has 28 heavy (non-hydrogen) atoms. The van der Waals surface area contributed by atoms with Crippen LogP contribution in [0.5, 0.6) is 0 Å². The third-order valence-electron chi connectivity index (χ3n) is 4.81. The van der Waals surface area contributed by atoms with Crippen LogP contribution in [0, 0.1) is 11.8 Å². The van der Waals surface area contributed by atoms with Gasteiger partial charge in [-0.25, -0.2) is 4.79 Å². The molecule has 1 saturated heterocycles. The minimum absolute atomic E-state index is 0.00382. The number of nitrogens with zero attached hydrogens (tertiary/aromatic N) is 2. The maximum Gasteiger partial charge on any atom is 0.410 e. The number of methoxy groups -OCH3 is 1. The molecular weight excluding hydrogens is 364 g/mol. The fraction of sp³-hybridized carbons (Fsp3) is 0.750. The smallest absolute Gasteiger partial charge is 0.410 e. The molecule has 1 N–H and O–H groups in total. The molecule has 0 aliphatic carbocycles. The van der Waals surface area contributed by atoms with E-state index in [-0.39, 0.29) is 23.9 Å². The van der Waals surface area contributed by atoms with E-state index in [2.05, 4.69) is 9.89 Å². The minimum Gasteiger partial charge on any atom is -0.469 e. The number of esters is 1. The minimum atomic E-state index is -0.741. The van der Waals surface area contributed by atoms with Crippen molar-refractivity contribution in [2.45, 2.75) is 65.1 Å². The third kappa shape index (κ3) is 6.51. The molecule has 1 aromatic heterocycles. The van der Waals surface area contributed by atoms with Crippen molar-refractivity contribution in [2.75, 3.05) is 20.2 Å². The molecule has 0 bridgehead atoms. The molecule has 0 spiro atoms. The van der Waals surface area contributed by atoms with Crippen LogP contribution in [-0.4, -0.2) is 53.0 Å². The number of likely N-dealkylation sites (tertiary alicyclic amines) is 1. The van der Waals surface area contributed by atoms with E-state index in [1.165, 1.54) is 7.11 Å². The van der Waals surface area contributed by atoms with E-state index >= 15 is 0 Å². The Bertz CT molecular complexity index is 658. The van der Waals surface area contributed by atoms with Gasteiger partial charge in [-0.2, -0.15) is 0 Å². The number of aromatic nitrogens is 1. The molecule has 1 aliphatic heterocycles. The number of amides is 1. The molecule has 8 nitrogen and oxygen atoms in total. The second kappa shape index (κ2) is 9.41. The normalized spacial score (nSPS) is 17.9. The van der Waals surface area contributed by atoms with E-state index in [9.17, 15) is 14.7 Å². The fourth-order valence-electron chi connectivity index (χ4n) is 3.31. The van der Waals surface area contributed by atoms with Crippen molar-refractivity contribution in [1.29, 1.82) is 0 Å². The van der Waals surface area contributed by atoms with Crippen LogP contribution in [0.1, 0.15) is 64.5 Å². The van der Waals surface area contributed by atoms with Gasteiger partial charge < -0.3 is 24.0 Å². The summed E-state index contributed by atoms with van der Waals surface area (Å²) in [5, 5.41) is 14.7. The van der Waals surface area contributed by atoms with Gasteiger partial charge in [-0.15, -0.1) is 0 Å². The summed E-state index contributed by atoms with van der Waals surface area (Å²) in [6.45, 7) is 8.54. The van der Waals surface area contributed by atoms with Gasteiger partial charge in [0.25, 0.3) is 0 Å². The molecule has 158 valence electrons. The zero-order valence-corrected chi connectivity index (χ0v) is 17.4. The highest BCUT2D eigenvalue weighted by atomic mass is 16.6. The molecule has 1 amide bonds. The third-order valence-corrected chi connectivity index (χ3v) is 4.81. The predicted molar refractivity (Wildman–Crippen MR) is 101 cm³/mol. The van der Waals surface area contributed by atoms with Crippen molar-refractivity contribution in [3.63, 3.8) is 0 Å². The zero-order chi connectivity index (χ0) is 20.9. The number of carbonyl (C=O) groups is 2. The summed E-state index contributed by atoms with van der Waals surface area (Å²) in [6, 6.07) is 1.75. The summed E-state index contributed by atoms with van der Waals surface area (Å²) in [6.07, 6.45) is 1.13. The number of carbonyl (C=O) groups excluding carboxylic acids is 2. The first-order valence-electron chi connectivity index (χ1n) is 9.77. The second-order valence-electron chi connectivity index (χ2n) is 8.56. The quantitative estimate of drug-likeness (QED) is 0.737. The first-order valence-corrected chi connectivity index (χ1v) is 9.77. The van der Waals surface area contributed by atoms with Crippen molar-refractivity contribution in [3.05, 3.63) is 17.5 Å². The van der Waals surface area contributed by atoms with Crippen molar-refractivity contribution in [2.24, 2.45) is 11.8 Å². The van der Waals surface area contributed by atoms with Gasteiger partial charge in [-0.05, 0) is 45.4 Å². The molecule has 0 saturated carbocycles. The number of hydrogen-bond acceptors (Lipinski definition) is 7. The van der Waals surface area contributed by atoms with Crippen LogP contribution in [0.2, 0.25) is 0 Å². The van der Waals surface area contributed by atoms with Gasteiger partial charge in [0, 0.05) is 32.0 Å². The molecule has 2 heterocycles. The van der Waals surface area contributed by atoms with E-state index in [0.29, 0.717) is 50.2 Å². The van der Waals surface area contributed by atoms with Gasteiger partial charge in [-0.3, -0.25) is 4.79 Å². The lowest BCUT2D eigenvalue weighted by molar-refractivity contribution is -0.141. The Hall–Kier alpha value is -2.09.